The molecule has 1 aromatic carbocycles. The fourth-order valence-corrected chi connectivity index (χ4v) is 15.9. The van der Waals surface area contributed by atoms with Crippen LogP contribution in [0.3, 0.4) is 0 Å². The maximum absolute atomic E-state index is 13.9. The second kappa shape index (κ2) is 12.3. The molecule has 1 saturated heterocycles. The van der Waals surface area contributed by atoms with Crippen LogP contribution in [0.2, 0.25) is 0 Å². The zero-order valence-corrected chi connectivity index (χ0v) is 33.0. The van der Waals surface area contributed by atoms with Gasteiger partial charge in [-0.25, -0.2) is 13.2 Å². The first-order valence-electron chi connectivity index (χ1n) is 19.7. The Balaban J connectivity index is 1.16. The molecular weight excluding hydrogens is 657 g/mol. The van der Waals surface area contributed by atoms with E-state index < -0.39 is 15.8 Å². The number of carboxylic acid groups (broad SMARTS) is 1. The molecule has 1 unspecified atom stereocenters. The van der Waals surface area contributed by atoms with Gasteiger partial charge in [-0.3, -0.25) is 9.69 Å². The minimum absolute atomic E-state index is 0.0326. The summed E-state index contributed by atoms with van der Waals surface area (Å²) in [6.45, 7) is 19.7. The molecule has 1 heterocycles. The lowest BCUT2D eigenvalue weighted by molar-refractivity contribution is -0.219. The van der Waals surface area contributed by atoms with Crippen molar-refractivity contribution >= 4 is 27.3 Å². The van der Waals surface area contributed by atoms with E-state index in [0.717, 1.165) is 37.7 Å². The summed E-state index contributed by atoms with van der Waals surface area (Å²) >= 11 is 0. The van der Waals surface area contributed by atoms with Crippen LogP contribution in [-0.4, -0.2) is 67.0 Å². The molecule has 0 bridgehead atoms. The van der Waals surface area contributed by atoms with Gasteiger partial charge in [-0.15, -0.1) is 0 Å². The zero-order chi connectivity index (χ0) is 36.9. The van der Waals surface area contributed by atoms with Crippen molar-refractivity contribution in [2.45, 2.75) is 117 Å². The zero-order valence-electron chi connectivity index (χ0n) is 32.2. The lowest BCUT2D eigenvalue weighted by atomic mass is 9.33. The van der Waals surface area contributed by atoms with Gasteiger partial charge in [-0.2, -0.15) is 0 Å². The number of carbonyl (C=O) groups excluding carboxylic acids is 1. The fourth-order valence-electron chi connectivity index (χ4n) is 14.1. The van der Waals surface area contributed by atoms with E-state index in [1.165, 1.54) is 36.8 Å². The van der Waals surface area contributed by atoms with Gasteiger partial charge in [0.15, 0.2) is 9.84 Å². The van der Waals surface area contributed by atoms with Crippen LogP contribution in [0.4, 0.5) is 0 Å². The van der Waals surface area contributed by atoms with E-state index in [4.69, 9.17) is 0 Å². The van der Waals surface area contributed by atoms with Crippen LogP contribution in [0.5, 0.6) is 0 Å². The molecule has 5 aliphatic carbocycles. The highest BCUT2D eigenvalue weighted by atomic mass is 32.2. The number of allylic oxidation sites excluding steroid dienone is 3. The standard InChI is InChI=1S/C43H62N2O5S/c1-27(2)31-15-21-43(44-36(46)25-45(8)30-18-24-51(49,50)26-30)23-22-41(6)33(37(31)43)13-14-35-40(5)19-16-32(28-9-11-29(12-10-28)38(47)48)39(3,4)34(40)17-20-42(35,41)7/h9-12,16,30-31,33-35,37H,1,13-15,17-26H2,2-8H3,(H,44,46)(H,47,48)/t30?,31-,33+,34-,35+,37+,40-,41+,42+,43-/m0/s1. The minimum Gasteiger partial charge on any atom is -0.478 e. The minimum atomic E-state index is -3.01. The normalized spacial score (nSPS) is 42.2. The molecule has 1 amide bonds. The lowest BCUT2D eigenvalue weighted by Gasteiger charge is -2.72. The van der Waals surface area contributed by atoms with Crippen molar-refractivity contribution in [3.8, 4) is 0 Å². The van der Waals surface area contributed by atoms with Crippen molar-refractivity contribution in [3.63, 3.8) is 0 Å². The van der Waals surface area contributed by atoms with Gasteiger partial charge in [0.1, 0.15) is 0 Å². The van der Waals surface area contributed by atoms with Gasteiger partial charge in [0.05, 0.1) is 23.6 Å². The Morgan fingerprint density at radius 3 is 2.25 bits per heavy atom. The summed E-state index contributed by atoms with van der Waals surface area (Å²) in [4.78, 5) is 27.4. The van der Waals surface area contributed by atoms with Crippen molar-refractivity contribution in [3.05, 3.63) is 53.6 Å². The number of amides is 1. The van der Waals surface area contributed by atoms with Crippen molar-refractivity contribution in [2.24, 2.45) is 51.2 Å². The number of carbonyl (C=O) groups is 2. The smallest absolute Gasteiger partial charge is 0.335 e. The second-order valence-corrected chi connectivity index (χ2v) is 21.5. The van der Waals surface area contributed by atoms with Gasteiger partial charge >= 0.3 is 5.97 Å². The molecule has 0 spiro atoms. The molecule has 8 heteroatoms. The van der Waals surface area contributed by atoms with Crippen LogP contribution < -0.4 is 5.32 Å². The second-order valence-electron chi connectivity index (χ2n) is 19.3. The van der Waals surface area contributed by atoms with E-state index in [-0.39, 0.29) is 57.2 Å². The van der Waals surface area contributed by atoms with E-state index >= 15 is 0 Å². The number of carboxylic acids is 1. The van der Waals surface area contributed by atoms with Gasteiger partial charge < -0.3 is 10.4 Å². The summed E-state index contributed by atoms with van der Waals surface area (Å²) in [5.74, 6) is 1.91. The Labute approximate surface area is 307 Å². The number of hydrogen-bond donors (Lipinski definition) is 2. The van der Waals surface area contributed by atoms with Crippen LogP contribution in [-0.2, 0) is 14.6 Å². The Hall–Kier alpha value is -2.45. The van der Waals surface area contributed by atoms with Crippen LogP contribution in [0, 0.1) is 51.2 Å². The molecule has 7 rings (SSSR count). The largest absolute Gasteiger partial charge is 0.478 e. The number of likely N-dealkylation sites (N-methyl/N-ethyl adjacent to an activating group) is 1. The van der Waals surface area contributed by atoms with Crippen molar-refractivity contribution in [1.82, 2.24) is 10.2 Å². The summed E-state index contributed by atoms with van der Waals surface area (Å²) < 4.78 is 24.3. The van der Waals surface area contributed by atoms with Crippen LogP contribution >= 0.6 is 0 Å². The van der Waals surface area contributed by atoms with Gasteiger partial charge in [0, 0.05) is 11.6 Å². The summed E-state index contributed by atoms with van der Waals surface area (Å²) in [6.07, 6.45) is 13.1. The van der Waals surface area contributed by atoms with Crippen LogP contribution in [0.1, 0.15) is 122 Å². The number of hydrogen-bond acceptors (Lipinski definition) is 5. The van der Waals surface area contributed by atoms with E-state index in [0.29, 0.717) is 41.6 Å². The maximum atomic E-state index is 13.9. The highest BCUT2D eigenvalue weighted by Gasteiger charge is 2.70. The van der Waals surface area contributed by atoms with E-state index in [9.17, 15) is 23.1 Å². The number of nitrogens with one attached hydrogen (secondary N) is 1. The topological polar surface area (TPSA) is 104 Å². The van der Waals surface area contributed by atoms with Gasteiger partial charge in [0.2, 0.25) is 5.91 Å². The van der Waals surface area contributed by atoms with E-state index in [1.807, 2.05) is 24.1 Å². The number of aromatic carboxylic acids is 1. The summed E-state index contributed by atoms with van der Waals surface area (Å²) in [6, 6.07) is 7.41. The van der Waals surface area contributed by atoms with E-state index in [2.05, 4.69) is 59.5 Å². The summed E-state index contributed by atoms with van der Waals surface area (Å²) in [5, 5.41) is 13.2. The van der Waals surface area contributed by atoms with Crippen LogP contribution in [0.25, 0.3) is 5.57 Å². The first-order chi connectivity index (χ1) is 23.8. The quantitative estimate of drug-likeness (QED) is 0.277. The molecule has 1 aromatic rings. The third kappa shape index (κ3) is 5.62. The van der Waals surface area contributed by atoms with E-state index in [1.54, 1.807) is 12.1 Å². The first-order valence-corrected chi connectivity index (χ1v) is 21.5. The molecule has 5 fully saturated rings. The molecule has 51 heavy (non-hydrogen) atoms. The SMILES string of the molecule is C=C(C)[C@@H]1CC[C@]2(NC(=O)CN(C)C3CCS(=O)(=O)C3)CC[C@]3(C)[C@H](CC[C@@H]4[C@@]5(C)CC=C(c6ccc(C(=O)O)cc6)C(C)(C)[C@@H]5CC[C@]43C)[C@@H]12. The predicted octanol–water partition coefficient (Wildman–Crippen LogP) is 8.02. The predicted molar refractivity (Wildman–Crippen MR) is 204 cm³/mol. The molecule has 280 valence electrons. The Morgan fingerprint density at radius 2 is 1.63 bits per heavy atom. The van der Waals surface area contributed by atoms with Crippen molar-refractivity contribution in [2.75, 3.05) is 25.1 Å². The third-order valence-corrected chi connectivity index (χ3v) is 18.5. The summed E-state index contributed by atoms with van der Waals surface area (Å²) in [5.41, 5.74) is 4.31. The first kappa shape index (κ1) is 36.9. The van der Waals surface area contributed by atoms with Gasteiger partial charge in [0.25, 0.3) is 0 Å². The van der Waals surface area contributed by atoms with Gasteiger partial charge in [-0.1, -0.05) is 65.0 Å². The monoisotopic (exact) mass is 718 g/mol. The Morgan fingerprint density at radius 1 is 0.922 bits per heavy atom. The van der Waals surface area contributed by atoms with Crippen molar-refractivity contribution in [1.29, 1.82) is 0 Å². The molecule has 7 nitrogen and oxygen atoms in total. The highest BCUT2D eigenvalue weighted by Crippen LogP contribution is 2.76. The average molecular weight is 719 g/mol. The molecule has 4 saturated carbocycles. The molecule has 0 radical (unpaired) electrons. The molecule has 10 atom stereocenters. The molecule has 1 aliphatic heterocycles. The third-order valence-electron chi connectivity index (χ3n) is 16.7. The molecule has 6 aliphatic rings. The van der Waals surface area contributed by atoms with Crippen molar-refractivity contribution < 1.29 is 23.1 Å². The summed E-state index contributed by atoms with van der Waals surface area (Å²) in [7, 11) is -1.11. The average Bonchev–Trinajstić information content (AvgIpc) is 3.61. The number of fused-ring (bicyclic) bond motifs is 7. The number of sulfone groups is 1. The number of benzene rings is 1. The highest BCUT2D eigenvalue weighted by molar-refractivity contribution is 7.91. The molecular formula is C43H62N2O5S. The van der Waals surface area contributed by atoms with Crippen LogP contribution in [0.15, 0.2) is 42.5 Å². The van der Waals surface area contributed by atoms with Gasteiger partial charge in [-0.05, 0) is 153 Å². The maximum Gasteiger partial charge on any atom is 0.335 e. The molecule has 2 N–H and O–H groups in total. The lowest BCUT2D eigenvalue weighted by Crippen LogP contribution is -2.68. The number of nitrogens with zero attached hydrogens (tertiary/aromatic N) is 1. The Bertz CT molecular complexity index is 1750. The molecule has 0 aromatic heterocycles. The number of rotatable bonds is 7. The fraction of sp³-hybridized carbons (Fsp3) is 0.721. The Kier molecular flexibility index (Phi) is 8.89.